The van der Waals surface area contributed by atoms with Crippen LogP contribution in [0.25, 0.3) is 0 Å². The summed E-state index contributed by atoms with van der Waals surface area (Å²) < 4.78 is 27.7. The molecule has 0 amide bonds. The summed E-state index contributed by atoms with van der Waals surface area (Å²) in [6.07, 6.45) is 2.24. The first-order valence-electron chi connectivity index (χ1n) is 6.77. The molecule has 0 aromatic carbocycles. The van der Waals surface area contributed by atoms with Crippen LogP contribution in [-0.2, 0) is 14.8 Å². The van der Waals surface area contributed by atoms with Crippen molar-refractivity contribution in [3.63, 3.8) is 0 Å². The third-order valence-corrected chi connectivity index (χ3v) is 8.35. The second kappa shape index (κ2) is 5.04. The van der Waals surface area contributed by atoms with Crippen LogP contribution in [0.5, 0.6) is 0 Å². The number of hydrogen-bond acceptors (Lipinski definition) is 4. The van der Waals surface area contributed by atoms with Crippen molar-refractivity contribution >= 4 is 43.3 Å². The molecule has 1 N–H and O–H groups in total. The van der Waals surface area contributed by atoms with Crippen molar-refractivity contribution in [2.45, 2.75) is 31.1 Å². The molecule has 116 valence electrons. The number of aryl methyl sites for hydroxylation is 1. The van der Waals surface area contributed by atoms with E-state index in [1.807, 2.05) is 0 Å². The molecule has 1 aromatic heterocycles. The van der Waals surface area contributed by atoms with Crippen LogP contribution < -0.4 is 0 Å². The van der Waals surface area contributed by atoms with Crippen LogP contribution in [0.4, 0.5) is 0 Å². The van der Waals surface area contributed by atoms with Crippen molar-refractivity contribution in [2.75, 3.05) is 13.1 Å². The normalized spacial score (nSPS) is 29.7. The Hall–Kier alpha value is -0.440. The Morgan fingerprint density at radius 3 is 2.81 bits per heavy atom. The van der Waals surface area contributed by atoms with Gasteiger partial charge < -0.3 is 5.11 Å². The average Bonchev–Trinajstić information content (AvgIpc) is 3.00. The van der Waals surface area contributed by atoms with Gasteiger partial charge in [-0.15, -0.1) is 11.3 Å². The maximum absolute atomic E-state index is 12.8. The number of thiophene rings is 1. The summed E-state index contributed by atoms with van der Waals surface area (Å²) in [4.78, 5) is 12.7. The van der Waals surface area contributed by atoms with E-state index >= 15 is 0 Å². The van der Waals surface area contributed by atoms with E-state index in [1.165, 1.54) is 15.6 Å². The molecule has 1 saturated carbocycles. The molecule has 0 spiro atoms. The zero-order valence-electron chi connectivity index (χ0n) is 11.5. The molecule has 2 heterocycles. The van der Waals surface area contributed by atoms with Crippen molar-refractivity contribution in [1.29, 1.82) is 0 Å². The SMILES string of the molecule is Cc1sc(Br)cc1S(=O)(=O)N1C[C@@H]2CCC[C@@]2(C(=O)O)C1. The van der Waals surface area contributed by atoms with Crippen molar-refractivity contribution in [3.05, 3.63) is 14.7 Å². The summed E-state index contributed by atoms with van der Waals surface area (Å²) in [5, 5.41) is 9.56. The second-order valence-corrected chi connectivity index (χ2v) is 10.4. The van der Waals surface area contributed by atoms with Gasteiger partial charge in [-0.25, -0.2) is 8.42 Å². The average molecular weight is 394 g/mol. The zero-order valence-corrected chi connectivity index (χ0v) is 14.7. The minimum absolute atomic E-state index is 0.0628. The number of nitrogens with zero attached hydrogens (tertiary/aromatic N) is 1. The van der Waals surface area contributed by atoms with Gasteiger partial charge in [0.2, 0.25) is 10.0 Å². The first kappa shape index (κ1) is 15.5. The monoisotopic (exact) mass is 393 g/mol. The molecule has 1 aromatic rings. The Bertz CT molecular complexity index is 699. The molecule has 1 saturated heterocycles. The number of carboxylic acids is 1. The predicted molar refractivity (Wildman–Crippen MR) is 82.9 cm³/mol. The molecule has 2 aliphatic rings. The lowest BCUT2D eigenvalue weighted by molar-refractivity contribution is -0.149. The van der Waals surface area contributed by atoms with Crippen molar-refractivity contribution < 1.29 is 18.3 Å². The summed E-state index contributed by atoms with van der Waals surface area (Å²) in [5.41, 5.74) is -0.881. The highest BCUT2D eigenvalue weighted by molar-refractivity contribution is 9.11. The summed E-state index contributed by atoms with van der Waals surface area (Å²) in [6, 6.07) is 1.61. The molecule has 0 radical (unpaired) electrons. The van der Waals surface area contributed by atoms with Gasteiger partial charge >= 0.3 is 5.97 Å². The highest BCUT2D eigenvalue weighted by Gasteiger charge is 2.57. The third-order valence-electron chi connectivity index (χ3n) is 4.73. The fourth-order valence-electron chi connectivity index (χ4n) is 3.60. The number of halogens is 1. The van der Waals surface area contributed by atoms with Crippen LogP contribution in [0, 0.1) is 18.3 Å². The predicted octanol–water partition coefficient (Wildman–Crippen LogP) is 2.69. The molecule has 2 fully saturated rings. The highest BCUT2D eigenvalue weighted by atomic mass is 79.9. The van der Waals surface area contributed by atoms with Crippen LogP contribution in [0.15, 0.2) is 14.7 Å². The van der Waals surface area contributed by atoms with Crippen molar-refractivity contribution in [1.82, 2.24) is 4.31 Å². The summed E-state index contributed by atoms with van der Waals surface area (Å²) >= 11 is 4.68. The molecular weight excluding hydrogens is 378 g/mol. The largest absolute Gasteiger partial charge is 0.481 e. The first-order chi connectivity index (χ1) is 9.77. The van der Waals surface area contributed by atoms with Gasteiger partial charge in [-0.1, -0.05) is 6.42 Å². The molecule has 0 unspecified atom stereocenters. The van der Waals surface area contributed by atoms with Gasteiger partial charge in [0.1, 0.15) is 0 Å². The van der Waals surface area contributed by atoms with Gasteiger partial charge in [0.25, 0.3) is 0 Å². The minimum Gasteiger partial charge on any atom is -0.481 e. The number of fused-ring (bicyclic) bond motifs is 1. The van der Waals surface area contributed by atoms with E-state index in [-0.39, 0.29) is 12.5 Å². The van der Waals surface area contributed by atoms with E-state index in [0.29, 0.717) is 17.9 Å². The van der Waals surface area contributed by atoms with Gasteiger partial charge in [-0.3, -0.25) is 4.79 Å². The van der Waals surface area contributed by atoms with Crippen molar-refractivity contribution in [3.8, 4) is 0 Å². The maximum atomic E-state index is 12.8. The van der Waals surface area contributed by atoms with Gasteiger partial charge in [-0.2, -0.15) is 4.31 Å². The van der Waals surface area contributed by atoms with Crippen LogP contribution in [0.1, 0.15) is 24.1 Å². The smallest absolute Gasteiger partial charge is 0.311 e. The minimum atomic E-state index is -3.61. The summed E-state index contributed by atoms with van der Waals surface area (Å²) in [5.74, 6) is -0.918. The fourth-order valence-corrected chi connectivity index (χ4v) is 7.54. The number of carbonyl (C=O) groups is 1. The standard InChI is InChI=1S/C13H16BrNO4S2/c1-8-10(5-11(14)20-8)21(18,19)15-6-9-3-2-4-13(9,7-15)12(16)17/h5,9H,2-4,6-7H2,1H3,(H,16,17)/t9-,13+/m0/s1. The van der Waals surface area contributed by atoms with Gasteiger partial charge in [0.05, 0.1) is 14.1 Å². The Labute approximate surface area is 136 Å². The molecule has 3 rings (SSSR count). The van der Waals surface area contributed by atoms with E-state index in [1.54, 1.807) is 13.0 Å². The van der Waals surface area contributed by atoms with Gasteiger partial charge in [0, 0.05) is 18.0 Å². The van der Waals surface area contributed by atoms with Crippen LogP contribution in [0.2, 0.25) is 0 Å². The Balaban J connectivity index is 1.96. The number of sulfonamides is 1. The van der Waals surface area contributed by atoms with Crippen LogP contribution in [0.3, 0.4) is 0 Å². The Morgan fingerprint density at radius 2 is 2.29 bits per heavy atom. The number of hydrogen-bond donors (Lipinski definition) is 1. The highest BCUT2D eigenvalue weighted by Crippen LogP contribution is 2.50. The molecule has 8 heteroatoms. The number of rotatable bonds is 3. The molecule has 1 aliphatic carbocycles. The lowest BCUT2D eigenvalue weighted by Crippen LogP contribution is -2.37. The molecule has 1 aliphatic heterocycles. The quantitative estimate of drug-likeness (QED) is 0.856. The fraction of sp³-hybridized carbons (Fsp3) is 0.615. The maximum Gasteiger partial charge on any atom is 0.311 e. The van der Waals surface area contributed by atoms with Gasteiger partial charge in [0.15, 0.2) is 0 Å². The van der Waals surface area contributed by atoms with E-state index in [2.05, 4.69) is 15.9 Å². The van der Waals surface area contributed by atoms with Gasteiger partial charge in [-0.05, 0) is 47.7 Å². The van der Waals surface area contributed by atoms with Crippen LogP contribution >= 0.6 is 27.3 Å². The van der Waals surface area contributed by atoms with E-state index < -0.39 is 21.4 Å². The molecule has 21 heavy (non-hydrogen) atoms. The molecule has 2 atom stereocenters. The second-order valence-electron chi connectivity index (χ2n) is 5.82. The lowest BCUT2D eigenvalue weighted by atomic mass is 9.81. The first-order valence-corrected chi connectivity index (χ1v) is 9.82. The Kier molecular flexibility index (Phi) is 3.71. The Morgan fingerprint density at radius 1 is 1.57 bits per heavy atom. The topological polar surface area (TPSA) is 74.7 Å². The summed E-state index contributed by atoms with van der Waals surface area (Å²) in [6.45, 7) is 2.19. The lowest BCUT2D eigenvalue weighted by Gasteiger charge is -2.23. The number of carboxylic acid groups (broad SMARTS) is 1. The molecular formula is C13H16BrNO4S2. The van der Waals surface area contributed by atoms with Crippen LogP contribution in [-0.4, -0.2) is 36.9 Å². The molecule has 0 bridgehead atoms. The number of aliphatic carboxylic acids is 1. The summed E-state index contributed by atoms with van der Waals surface area (Å²) in [7, 11) is -3.61. The zero-order chi connectivity index (χ0) is 15.4. The van der Waals surface area contributed by atoms with E-state index in [9.17, 15) is 18.3 Å². The van der Waals surface area contributed by atoms with E-state index in [4.69, 9.17) is 0 Å². The van der Waals surface area contributed by atoms with Crippen molar-refractivity contribution in [2.24, 2.45) is 11.3 Å². The third kappa shape index (κ3) is 2.27. The molecule has 5 nitrogen and oxygen atoms in total. The van der Waals surface area contributed by atoms with E-state index in [0.717, 1.165) is 21.5 Å².